The highest BCUT2D eigenvalue weighted by Crippen LogP contribution is 2.16. The maximum absolute atomic E-state index is 11.0. The van der Waals surface area contributed by atoms with E-state index in [1.54, 1.807) is 19.2 Å². The minimum absolute atomic E-state index is 0.262. The number of hydrogen-bond acceptors (Lipinski definition) is 3. The van der Waals surface area contributed by atoms with Crippen LogP contribution in [0.15, 0.2) is 12.3 Å². The molecule has 0 fully saturated rings. The van der Waals surface area contributed by atoms with E-state index in [0.29, 0.717) is 11.7 Å². The maximum Gasteiger partial charge on any atom is 0.339 e. The second-order valence-electron chi connectivity index (χ2n) is 3.93. The minimum atomic E-state index is -0.938. The summed E-state index contributed by atoms with van der Waals surface area (Å²) >= 11 is 0. The van der Waals surface area contributed by atoms with Crippen LogP contribution in [0.5, 0.6) is 0 Å². The number of nitrogens with one attached hydrogen (secondary N) is 1. The summed E-state index contributed by atoms with van der Waals surface area (Å²) in [4.78, 5) is 15.0. The number of hydrogen-bond donors (Lipinski definition) is 2. The Kier molecular flexibility index (Phi) is 3.66. The number of carbonyl (C=O) groups is 1. The fourth-order valence-electron chi connectivity index (χ4n) is 1.26. The Balaban J connectivity index is 2.96. The van der Waals surface area contributed by atoms with Crippen molar-refractivity contribution >= 4 is 11.8 Å². The smallest absolute Gasteiger partial charge is 0.339 e. The number of aryl methyl sites for hydroxylation is 1. The number of nitrogens with zero attached hydrogens (tertiary/aromatic N) is 1. The normalized spacial score (nSPS) is 10.4. The Bertz CT molecular complexity index is 362. The van der Waals surface area contributed by atoms with E-state index >= 15 is 0 Å². The van der Waals surface area contributed by atoms with Gasteiger partial charge in [0.1, 0.15) is 11.4 Å². The molecule has 0 radical (unpaired) electrons. The van der Waals surface area contributed by atoms with E-state index in [1.165, 1.54) is 0 Å². The van der Waals surface area contributed by atoms with Gasteiger partial charge in [-0.3, -0.25) is 0 Å². The third-order valence-electron chi connectivity index (χ3n) is 2.05. The molecule has 0 saturated heterocycles. The van der Waals surface area contributed by atoms with Gasteiger partial charge in [0, 0.05) is 12.7 Å². The topological polar surface area (TPSA) is 62.2 Å². The van der Waals surface area contributed by atoms with Gasteiger partial charge in [-0.05, 0) is 24.5 Å². The third-order valence-corrected chi connectivity index (χ3v) is 2.05. The molecule has 0 unspecified atom stereocenters. The second-order valence-corrected chi connectivity index (χ2v) is 3.93. The van der Waals surface area contributed by atoms with Crippen LogP contribution in [0, 0.1) is 12.8 Å². The summed E-state index contributed by atoms with van der Waals surface area (Å²) in [5.74, 6) is -0.0305. The predicted molar refractivity (Wildman–Crippen MR) is 59.3 cm³/mol. The lowest BCUT2D eigenvalue weighted by atomic mass is 10.1. The molecule has 0 aliphatic heterocycles. The van der Waals surface area contributed by atoms with E-state index < -0.39 is 5.97 Å². The number of carboxylic acid groups (broad SMARTS) is 1. The number of aromatic nitrogens is 1. The number of anilines is 1. The Morgan fingerprint density at radius 1 is 1.60 bits per heavy atom. The molecule has 0 atom stereocenters. The van der Waals surface area contributed by atoms with Gasteiger partial charge in [-0.1, -0.05) is 13.8 Å². The largest absolute Gasteiger partial charge is 0.478 e. The molecule has 0 spiro atoms. The Morgan fingerprint density at radius 2 is 2.27 bits per heavy atom. The molecule has 4 nitrogen and oxygen atoms in total. The molecule has 1 aromatic rings. The zero-order chi connectivity index (χ0) is 11.4. The summed E-state index contributed by atoms with van der Waals surface area (Å²) in [5, 5.41) is 12.1. The Labute approximate surface area is 89.3 Å². The Morgan fingerprint density at radius 3 is 2.80 bits per heavy atom. The SMILES string of the molecule is Cc1ccnc(NCC(C)C)c1C(=O)O. The van der Waals surface area contributed by atoms with Crippen LogP contribution in [0.1, 0.15) is 29.8 Å². The molecule has 0 aliphatic rings. The molecule has 1 rings (SSSR count). The van der Waals surface area contributed by atoms with E-state index in [-0.39, 0.29) is 5.56 Å². The molecule has 82 valence electrons. The van der Waals surface area contributed by atoms with Gasteiger partial charge in [-0.15, -0.1) is 0 Å². The van der Waals surface area contributed by atoms with Gasteiger partial charge in [0.2, 0.25) is 0 Å². The molecule has 1 heterocycles. The van der Waals surface area contributed by atoms with Gasteiger partial charge >= 0.3 is 5.97 Å². The summed E-state index contributed by atoms with van der Waals surface area (Å²) in [6, 6.07) is 1.70. The first-order chi connectivity index (χ1) is 7.02. The molecule has 4 heteroatoms. The maximum atomic E-state index is 11.0. The van der Waals surface area contributed by atoms with Crippen molar-refractivity contribution in [3.8, 4) is 0 Å². The highest BCUT2D eigenvalue weighted by atomic mass is 16.4. The Hall–Kier alpha value is -1.58. The van der Waals surface area contributed by atoms with E-state index in [2.05, 4.69) is 24.1 Å². The van der Waals surface area contributed by atoms with Crippen LogP contribution in [-0.4, -0.2) is 22.6 Å². The molecule has 0 saturated carbocycles. The van der Waals surface area contributed by atoms with Crippen LogP contribution < -0.4 is 5.32 Å². The van der Waals surface area contributed by atoms with E-state index in [1.807, 2.05) is 0 Å². The molecule has 1 aromatic heterocycles. The zero-order valence-corrected chi connectivity index (χ0v) is 9.24. The van der Waals surface area contributed by atoms with Crippen molar-refractivity contribution in [2.24, 2.45) is 5.92 Å². The number of rotatable bonds is 4. The van der Waals surface area contributed by atoms with Crippen LogP contribution >= 0.6 is 0 Å². The molecule has 2 N–H and O–H groups in total. The van der Waals surface area contributed by atoms with Gasteiger partial charge in [0.25, 0.3) is 0 Å². The first-order valence-corrected chi connectivity index (χ1v) is 4.95. The van der Waals surface area contributed by atoms with Gasteiger partial charge in [-0.25, -0.2) is 9.78 Å². The third kappa shape index (κ3) is 2.94. The van der Waals surface area contributed by atoms with Crippen molar-refractivity contribution in [3.63, 3.8) is 0 Å². The first-order valence-electron chi connectivity index (χ1n) is 4.95. The lowest BCUT2D eigenvalue weighted by Crippen LogP contribution is -2.14. The van der Waals surface area contributed by atoms with Crippen molar-refractivity contribution < 1.29 is 9.90 Å². The lowest BCUT2D eigenvalue weighted by Gasteiger charge is -2.11. The van der Waals surface area contributed by atoms with E-state index in [9.17, 15) is 4.79 Å². The average molecular weight is 208 g/mol. The molecular formula is C11H16N2O2. The van der Waals surface area contributed by atoms with Gasteiger partial charge < -0.3 is 10.4 Å². The van der Waals surface area contributed by atoms with Crippen molar-refractivity contribution in [3.05, 3.63) is 23.4 Å². The highest BCUT2D eigenvalue weighted by molar-refractivity contribution is 5.94. The zero-order valence-electron chi connectivity index (χ0n) is 9.24. The van der Waals surface area contributed by atoms with Gasteiger partial charge in [0.15, 0.2) is 0 Å². The molecule has 15 heavy (non-hydrogen) atoms. The van der Waals surface area contributed by atoms with Crippen molar-refractivity contribution in [2.75, 3.05) is 11.9 Å². The summed E-state index contributed by atoms with van der Waals surface area (Å²) < 4.78 is 0. The van der Waals surface area contributed by atoms with E-state index in [4.69, 9.17) is 5.11 Å². The van der Waals surface area contributed by atoms with Crippen molar-refractivity contribution in [1.29, 1.82) is 0 Å². The first kappa shape index (κ1) is 11.5. The fraction of sp³-hybridized carbons (Fsp3) is 0.455. The van der Waals surface area contributed by atoms with Gasteiger partial charge in [0.05, 0.1) is 0 Å². The molecular weight excluding hydrogens is 192 g/mol. The monoisotopic (exact) mass is 208 g/mol. The molecule has 0 amide bonds. The summed E-state index contributed by atoms with van der Waals surface area (Å²) in [6.07, 6.45) is 1.62. The summed E-state index contributed by atoms with van der Waals surface area (Å²) in [6.45, 7) is 6.61. The van der Waals surface area contributed by atoms with Gasteiger partial charge in [-0.2, -0.15) is 0 Å². The quantitative estimate of drug-likeness (QED) is 0.795. The lowest BCUT2D eigenvalue weighted by molar-refractivity contribution is 0.0697. The predicted octanol–water partition coefficient (Wildman–Crippen LogP) is 2.16. The molecule has 0 aliphatic carbocycles. The summed E-state index contributed by atoms with van der Waals surface area (Å²) in [5.41, 5.74) is 0.988. The van der Waals surface area contributed by atoms with Crippen LogP contribution in [0.4, 0.5) is 5.82 Å². The average Bonchev–Trinajstić information content (AvgIpc) is 2.13. The standard InChI is InChI=1S/C11H16N2O2/c1-7(2)6-13-10-9(11(14)15)8(3)4-5-12-10/h4-5,7H,6H2,1-3H3,(H,12,13)(H,14,15). The summed E-state index contributed by atoms with van der Waals surface area (Å²) in [7, 11) is 0. The van der Waals surface area contributed by atoms with E-state index in [0.717, 1.165) is 12.1 Å². The highest BCUT2D eigenvalue weighted by Gasteiger charge is 2.13. The molecule has 0 bridgehead atoms. The number of carboxylic acids is 1. The number of pyridine rings is 1. The van der Waals surface area contributed by atoms with Crippen molar-refractivity contribution in [1.82, 2.24) is 4.98 Å². The van der Waals surface area contributed by atoms with Crippen LogP contribution in [0.2, 0.25) is 0 Å². The molecule has 0 aromatic carbocycles. The van der Waals surface area contributed by atoms with Crippen LogP contribution in [0.25, 0.3) is 0 Å². The van der Waals surface area contributed by atoms with Crippen molar-refractivity contribution in [2.45, 2.75) is 20.8 Å². The van der Waals surface area contributed by atoms with Crippen LogP contribution in [0.3, 0.4) is 0 Å². The minimum Gasteiger partial charge on any atom is -0.478 e. The number of aromatic carboxylic acids is 1. The fourth-order valence-corrected chi connectivity index (χ4v) is 1.26. The van der Waals surface area contributed by atoms with Crippen LogP contribution in [-0.2, 0) is 0 Å². The second kappa shape index (κ2) is 4.77.